The van der Waals surface area contributed by atoms with E-state index in [4.69, 9.17) is 16.2 Å². The Hall–Kier alpha value is -2.33. The average Bonchev–Trinajstić information content (AvgIpc) is 2.53. The molecule has 1 atom stereocenters. The Morgan fingerprint density at radius 3 is 2.05 bits per heavy atom. The quantitative estimate of drug-likeness (QED) is 0.854. The Balaban J connectivity index is 2.02. The summed E-state index contributed by atoms with van der Waals surface area (Å²) in [6, 6.07) is 15.9. The third-order valence-corrected chi connectivity index (χ3v) is 3.36. The summed E-state index contributed by atoms with van der Waals surface area (Å²) >= 11 is 0. The fourth-order valence-electron chi connectivity index (χ4n) is 1.88. The Bertz CT molecular complexity index is 591. The van der Waals surface area contributed by atoms with Gasteiger partial charge in [-0.25, -0.2) is 0 Å². The van der Waals surface area contributed by atoms with Gasteiger partial charge in [0.2, 0.25) is 5.91 Å². The van der Waals surface area contributed by atoms with Gasteiger partial charge in [-0.15, -0.1) is 0 Å². The number of nitrogens with two attached hydrogens (primary N) is 2. The zero-order chi connectivity index (χ0) is 15.2. The summed E-state index contributed by atoms with van der Waals surface area (Å²) in [6.07, 6.45) is 0. The van der Waals surface area contributed by atoms with Crippen LogP contribution in [0.3, 0.4) is 0 Å². The molecule has 21 heavy (non-hydrogen) atoms. The van der Waals surface area contributed by atoms with Crippen LogP contribution in [0.1, 0.15) is 12.5 Å². The highest BCUT2D eigenvalue weighted by Crippen LogP contribution is 2.23. The molecule has 4 nitrogen and oxygen atoms in total. The van der Waals surface area contributed by atoms with E-state index in [1.807, 2.05) is 48.5 Å². The number of ether oxygens (including phenoxy) is 1. The molecule has 0 saturated carbocycles. The van der Waals surface area contributed by atoms with Gasteiger partial charge in [0.1, 0.15) is 5.75 Å². The van der Waals surface area contributed by atoms with Gasteiger partial charge >= 0.3 is 0 Å². The standard InChI is InChI=1S/C17H20N2O2/c1-12(17(19)20)11-21-16-8-6-15(7-9-16)14-4-2-13(10-18)3-5-14/h2-9,12H,10-11,18H2,1H3,(H2,19,20). The van der Waals surface area contributed by atoms with Crippen molar-refractivity contribution < 1.29 is 9.53 Å². The van der Waals surface area contributed by atoms with Crippen molar-refractivity contribution in [3.05, 3.63) is 54.1 Å². The minimum atomic E-state index is -0.355. The third kappa shape index (κ3) is 4.07. The minimum Gasteiger partial charge on any atom is -0.493 e. The van der Waals surface area contributed by atoms with Crippen LogP contribution < -0.4 is 16.2 Å². The smallest absolute Gasteiger partial charge is 0.223 e. The van der Waals surface area contributed by atoms with Crippen LogP contribution in [0.5, 0.6) is 5.75 Å². The molecule has 0 spiro atoms. The van der Waals surface area contributed by atoms with Gasteiger partial charge in [-0.05, 0) is 28.8 Å². The van der Waals surface area contributed by atoms with Crippen molar-refractivity contribution in [3.8, 4) is 16.9 Å². The van der Waals surface area contributed by atoms with Crippen molar-refractivity contribution in [3.63, 3.8) is 0 Å². The molecule has 4 heteroatoms. The van der Waals surface area contributed by atoms with Gasteiger partial charge in [-0.2, -0.15) is 0 Å². The zero-order valence-electron chi connectivity index (χ0n) is 12.1. The topological polar surface area (TPSA) is 78.3 Å². The summed E-state index contributed by atoms with van der Waals surface area (Å²) in [5, 5.41) is 0. The highest BCUT2D eigenvalue weighted by molar-refractivity contribution is 5.76. The van der Waals surface area contributed by atoms with Gasteiger partial charge in [0.15, 0.2) is 0 Å². The molecule has 110 valence electrons. The van der Waals surface area contributed by atoms with E-state index in [1.165, 1.54) is 0 Å². The second kappa shape index (κ2) is 6.90. The number of rotatable bonds is 6. The number of carbonyl (C=O) groups is 1. The van der Waals surface area contributed by atoms with Gasteiger partial charge in [0.25, 0.3) is 0 Å². The highest BCUT2D eigenvalue weighted by Gasteiger charge is 2.09. The van der Waals surface area contributed by atoms with Crippen LogP contribution in [0.25, 0.3) is 11.1 Å². The lowest BCUT2D eigenvalue weighted by Crippen LogP contribution is -2.25. The van der Waals surface area contributed by atoms with Crippen LogP contribution in [0.15, 0.2) is 48.5 Å². The molecule has 2 aromatic carbocycles. The van der Waals surface area contributed by atoms with Crippen LogP contribution in [-0.4, -0.2) is 12.5 Å². The SMILES string of the molecule is CC(COc1ccc(-c2ccc(CN)cc2)cc1)C(N)=O. The van der Waals surface area contributed by atoms with Crippen LogP contribution in [0.2, 0.25) is 0 Å². The maximum atomic E-state index is 10.9. The Kier molecular flexibility index (Phi) is 4.95. The van der Waals surface area contributed by atoms with Crippen molar-refractivity contribution in [2.45, 2.75) is 13.5 Å². The summed E-state index contributed by atoms with van der Waals surface area (Å²) < 4.78 is 5.54. The first-order valence-corrected chi connectivity index (χ1v) is 6.91. The normalized spacial score (nSPS) is 11.9. The Morgan fingerprint density at radius 2 is 1.57 bits per heavy atom. The predicted octanol–water partition coefficient (Wildman–Crippen LogP) is 2.31. The van der Waals surface area contributed by atoms with Gasteiger partial charge in [-0.3, -0.25) is 4.79 Å². The van der Waals surface area contributed by atoms with E-state index < -0.39 is 0 Å². The molecule has 0 aliphatic rings. The van der Waals surface area contributed by atoms with Crippen molar-refractivity contribution >= 4 is 5.91 Å². The molecule has 0 bridgehead atoms. The lowest BCUT2D eigenvalue weighted by molar-refractivity contribution is -0.122. The molecule has 4 N–H and O–H groups in total. The lowest BCUT2D eigenvalue weighted by Gasteiger charge is -2.10. The van der Waals surface area contributed by atoms with Crippen LogP contribution >= 0.6 is 0 Å². The maximum absolute atomic E-state index is 10.9. The van der Waals surface area contributed by atoms with Gasteiger partial charge in [-0.1, -0.05) is 43.3 Å². The molecule has 1 unspecified atom stereocenters. The van der Waals surface area contributed by atoms with E-state index in [0.717, 1.165) is 22.4 Å². The highest BCUT2D eigenvalue weighted by atomic mass is 16.5. The van der Waals surface area contributed by atoms with Gasteiger partial charge in [0, 0.05) is 6.54 Å². The summed E-state index contributed by atoms with van der Waals surface area (Å²) in [5.74, 6) is 0.0746. The fraction of sp³-hybridized carbons (Fsp3) is 0.235. The lowest BCUT2D eigenvalue weighted by atomic mass is 10.0. The molecular formula is C17H20N2O2. The van der Waals surface area contributed by atoms with E-state index in [-0.39, 0.29) is 11.8 Å². The molecule has 0 heterocycles. The first-order chi connectivity index (χ1) is 10.1. The van der Waals surface area contributed by atoms with Crippen molar-refractivity contribution in [2.75, 3.05) is 6.61 Å². The van der Waals surface area contributed by atoms with Crippen LogP contribution in [0.4, 0.5) is 0 Å². The summed E-state index contributed by atoms with van der Waals surface area (Å²) in [7, 11) is 0. The largest absolute Gasteiger partial charge is 0.493 e. The van der Waals surface area contributed by atoms with Crippen LogP contribution in [-0.2, 0) is 11.3 Å². The second-order valence-corrected chi connectivity index (χ2v) is 5.04. The van der Waals surface area contributed by atoms with Crippen molar-refractivity contribution in [1.29, 1.82) is 0 Å². The summed E-state index contributed by atoms with van der Waals surface area (Å²) in [4.78, 5) is 10.9. The molecule has 0 saturated heterocycles. The first-order valence-electron chi connectivity index (χ1n) is 6.91. The molecule has 2 aromatic rings. The van der Waals surface area contributed by atoms with Crippen molar-refractivity contribution in [2.24, 2.45) is 17.4 Å². The molecule has 0 fully saturated rings. The molecule has 0 aromatic heterocycles. The predicted molar refractivity (Wildman–Crippen MR) is 83.6 cm³/mol. The fourth-order valence-corrected chi connectivity index (χ4v) is 1.88. The molecule has 0 aliphatic heterocycles. The van der Waals surface area contributed by atoms with E-state index in [1.54, 1.807) is 6.92 Å². The van der Waals surface area contributed by atoms with E-state index in [0.29, 0.717) is 13.2 Å². The first kappa shape index (κ1) is 15.1. The van der Waals surface area contributed by atoms with E-state index in [9.17, 15) is 4.79 Å². The Morgan fingerprint density at radius 1 is 1.05 bits per heavy atom. The number of amides is 1. The third-order valence-electron chi connectivity index (χ3n) is 3.36. The maximum Gasteiger partial charge on any atom is 0.223 e. The summed E-state index contributed by atoms with van der Waals surface area (Å²) in [6.45, 7) is 2.58. The monoisotopic (exact) mass is 284 g/mol. The molecule has 2 rings (SSSR count). The van der Waals surface area contributed by atoms with Gasteiger partial charge < -0.3 is 16.2 Å². The molecule has 1 amide bonds. The number of carbonyl (C=O) groups excluding carboxylic acids is 1. The zero-order valence-corrected chi connectivity index (χ0v) is 12.1. The summed E-state index contributed by atoms with van der Waals surface area (Å²) in [5.41, 5.74) is 14.1. The average molecular weight is 284 g/mol. The molecule has 0 radical (unpaired) electrons. The number of primary amides is 1. The van der Waals surface area contributed by atoms with E-state index in [2.05, 4.69) is 0 Å². The van der Waals surface area contributed by atoms with Gasteiger partial charge in [0.05, 0.1) is 12.5 Å². The van der Waals surface area contributed by atoms with Crippen LogP contribution in [0, 0.1) is 5.92 Å². The molecular weight excluding hydrogens is 264 g/mol. The second-order valence-electron chi connectivity index (χ2n) is 5.04. The van der Waals surface area contributed by atoms with E-state index >= 15 is 0 Å². The Labute approximate surface area is 124 Å². The number of hydrogen-bond acceptors (Lipinski definition) is 3. The molecule has 0 aliphatic carbocycles. The number of hydrogen-bond donors (Lipinski definition) is 2. The number of benzene rings is 2. The minimum absolute atomic E-state index is 0.292. The van der Waals surface area contributed by atoms with Crippen molar-refractivity contribution in [1.82, 2.24) is 0 Å².